The van der Waals surface area contributed by atoms with Crippen LogP contribution in [0.2, 0.25) is 0 Å². The van der Waals surface area contributed by atoms with Gasteiger partial charge in [-0.3, -0.25) is 4.79 Å². The van der Waals surface area contributed by atoms with E-state index in [2.05, 4.69) is 19.9 Å². The van der Waals surface area contributed by atoms with E-state index in [0.29, 0.717) is 17.5 Å². The van der Waals surface area contributed by atoms with E-state index in [1.54, 1.807) is 19.0 Å². The molecule has 0 spiro atoms. The summed E-state index contributed by atoms with van der Waals surface area (Å²) in [5.74, 6) is 0.399. The maximum atomic E-state index is 12.1. The Morgan fingerprint density at radius 1 is 1.15 bits per heavy atom. The summed E-state index contributed by atoms with van der Waals surface area (Å²) in [7, 11) is 3.58. The van der Waals surface area contributed by atoms with Gasteiger partial charge in [0.25, 0.3) is 0 Å². The largest absolute Gasteiger partial charge is 0.457 e. The summed E-state index contributed by atoms with van der Waals surface area (Å²) >= 11 is 1.49. The van der Waals surface area contributed by atoms with Crippen LogP contribution in [0, 0.1) is 0 Å². The van der Waals surface area contributed by atoms with E-state index < -0.39 is 5.97 Å². The Hall–Kier alpha value is -3.07. The highest BCUT2D eigenvalue weighted by Crippen LogP contribution is 2.23. The first kappa shape index (κ1) is 17.7. The maximum absolute atomic E-state index is 12.1. The van der Waals surface area contributed by atoms with E-state index in [1.807, 2.05) is 35.7 Å². The van der Waals surface area contributed by atoms with Gasteiger partial charge in [-0.25, -0.2) is 4.98 Å². The third kappa shape index (κ3) is 4.51. The number of hydrogen-bond donors (Lipinski definition) is 1. The molecule has 3 rings (SSSR count). The average Bonchev–Trinajstić information content (AvgIpc) is 3.09. The molecular weight excluding hydrogens is 352 g/mol. The fourth-order valence-electron chi connectivity index (χ4n) is 2.14. The van der Waals surface area contributed by atoms with Gasteiger partial charge >= 0.3 is 5.97 Å². The van der Waals surface area contributed by atoms with Crippen LogP contribution in [0.1, 0.15) is 11.5 Å². The van der Waals surface area contributed by atoms with Crippen LogP contribution in [-0.2, 0) is 22.6 Å². The smallest absolute Gasteiger partial charge is 0.312 e. The van der Waals surface area contributed by atoms with Crippen molar-refractivity contribution >= 4 is 29.2 Å². The second-order valence-electron chi connectivity index (χ2n) is 5.65. The number of aromatic nitrogens is 4. The third-order valence-corrected chi connectivity index (χ3v) is 4.29. The number of rotatable bonds is 6. The summed E-state index contributed by atoms with van der Waals surface area (Å²) in [5.41, 5.74) is 7.34. The summed E-state index contributed by atoms with van der Waals surface area (Å²) in [6.45, 7) is -0.0674. The van der Waals surface area contributed by atoms with Gasteiger partial charge in [0.05, 0.1) is 12.1 Å². The molecule has 1 aromatic carbocycles. The predicted octanol–water partition coefficient (Wildman–Crippen LogP) is 1.93. The minimum absolute atomic E-state index is 0.0674. The van der Waals surface area contributed by atoms with Gasteiger partial charge < -0.3 is 15.4 Å². The molecule has 0 saturated heterocycles. The molecule has 8 nitrogen and oxygen atoms in total. The summed E-state index contributed by atoms with van der Waals surface area (Å²) in [6.07, 6.45) is 0.0877. The van der Waals surface area contributed by atoms with Crippen LogP contribution < -0.4 is 10.6 Å². The highest BCUT2D eigenvalue weighted by Gasteiger charge is 2.12. The van der Waals surface area contributed by atoms with Gasteiger partial charge in [0.2, 0.25) is 11.9 Å². The topological polar surface area (TPSA) is 107 Å². The SMILES string of the molecule is CN(C)c1nc(N)nc(COC(=O)Cc2csc(-c3ccccc3)n2)n1. The number of nitrogens with two attached hydrogens (primary N) is 1. The molecule has 0 bridgehead atoms. The van der Waals surface area contributed by atoms with E-state index in [1.165, 1.54) is 11.3 Å². The molecule has 3 aromatic rings. The zero-order chi connectivity index (χ0) is 18.5. The van der Waals surface area contributed by atoms with E-state index in [4.69, 9.17) is 10.5 Å². The second kappa shape index (κ2) is 7.87. The lowest BCUT2D eigenvalue weighted by Gasteiger charge is -2.11. The maximum Gasteiger partial charge on any atom is 0.312 e. The Bertz CT molecular complexity index is 897. The number of nitrogen functional groups attached to an aromatic ring is 1. The molecule has 2 N–H and O–H groups in total. The van der Waals surface area contributed by atoms with Gasteiger partial charge in [-0.1, -0.05) is 30.3 Å². The van der Waals surface area contributed by atoms with Crippen LogP contribution in [0.25, 0.3) is 10.6 Å². The molecule has 0 aliphatic rings. The highest BCUT2D eigenvalue weighted by molar-refractivity contribution is 7.13. The van der Waals surface area contributed by atoms with Crippen molar-refractivity contribution in [2.24, 2.45) is 0 Å². The molecule has 0 amide bonds. The third-order valence-electron chi connectivity index (χ3n) is 3.35. The minimum atomic E-state index is -0.403. The van der Waals surface area contributed by atoms with Crippen molar-refractivity contribution in [2.75, 3.05) is 24.7 Å². The molecule has 26 heavy (non-hydrogen) atoms. The van der Waals surface area contributed by atoms with Gasteiger partial charge in [-0.2, -0.15) is 15.0 Å². The van der Waals surface area contributed by atoms with Gasteiger partial charge in [0.1, 0.15) is 5.01 Å². The highest BCUT2D eigenvalue weighted by atomic mass is 32.1. The van der Waals surface area contributed by atoms with E-state index >= 15 is 0 Å². The quantitative estimate of drug-likeness (QED) is 0.656. The van der Waals surface area contributed by atoms with Crippen molar-refractivity contribution in [2.45, 2.75) is 13.0 Å². The van der Waals surface area contributed by atoms with Crippen LogP contribution in [0.4, 0.5) is 11.9 Å². The first-order valence-electron chi connectivity index (χ1n) is 7.84. The minimum Gasteiger partial charge on any atom is -0.457 e. The lowest BCUT2D eigenvalue weighted by atomic mass is 10.2. The zero-order valence-electron chi connectivity index (χ0n) is 14.4. The molecule has 0 atom stereocenters. The van der Waals surface area contributed by atoms with Crippen molar-refractivity contribution in [1.29, 1.82) is 0 Å². The Morgan fingerprint density at radius 3 is 2.65 bits per heavy atom. The Morgan fingerprint density at radius 2 is 1.92 bits per heavy atom. The van der Waals surface area contributed by atoms with Crippen LogP contribution >= 0.6 is 11.3 Å². The number of benzene rings is 1. The molecule has 9 heteroatoms. The van der Waals surface area contributed by atoms with E-state index in [9.17, 15) is 4.79 Å². The van der Waals surface area contributed by atoms with Crippen molar-refractivity contribution < 1.29 is 9.53 Å². The molecule has 0 radical (unpaired) electrons. The Labute approximate surface area is 154 Å². The number of anilines is 2. The van der Waals surface area contributed by atoms with Gasteiger partial charge in [-0.15, -0.1) is 11.3 Å². The molecule has 2 heterocycles. The van der Waals surface area contributed by atoms with Gasteiger partial charge in [0, 0.05) is 25.0 Å². The first-order chi connectivity index (χ1) is 12.5. The van der Waals surface area contributed by atoms with Crippen molar-refractivity contribution in [1.82, 2.24) is 19.9 Å². The number of hydrogen-bond acceptors (Lipinski definition) is 9. The summed E-state index contributed by atoms with van der Waals surface area (Å²) in [5, 5.41) is 2.73. The number of carbonyl (C=O) groups excluding carboxylic acids is 1. The van der Waals surface area contributed by atoms with E-state index in [-0.39, 0.29) is 19.0 Å². The number of esters is 1. The van der Waals surface area contributed by atoms with Gasteiger partial charge in [0.15, 0.2) is 12.4 Å². The second-order valence-corrected chi connectivity index (χ2v) is 6.51. The normalized spacial score (nSPS) is 10.5. The van der Waals surface area contributed by atoms with Crippen molar-refractivity contribution in [3.63, 3.8) is 0 Å². The Kier molecular flexibility index (Phi) is 5.37. The first-order valence-corrected chi connectivity index (χ1v) is 8.72. The molecule has 0 aliphatic carbocycles. The average molecular weight is 370 g/mol. The predicted molar refractivity (Wildman–Crippen MR) is 99.6 cm³/mol. The summed E-state index contributed by atoms with van der Waals surface area (Å²) in [6, 6.07) is 9.81. The summed E-state index contributed by atoms with van der Waals surface area (Å²) in [4.78, 5) is 30.4. The molecule has 0 aliphatic heterocycles. The number of nitrogens with zero attached hydrogens (tertiary/aromatic N) is 5. The van der Waals surface area contributed by atoms with Crippen molar-refractivity contribution in [3.8, 4) is 10.6 Å². The monoisotopic (exact) mass is 370 g/mol. The number of ether oxygens (including phenoxy) is 1. The molecular formula is C17H18N6O2S. The van der Waals surface area contributed by atoms with Crippen LogP contribution in [0.5, 0.6) is 0 Å². The van der Waals surface area contributed by atoms with Crippen molar-refractivity contribution in [3.05, 3.63) is 47.2 Å². The molecule has 2 aromatic heterocycles. The molecule has 0 fully saturated rings. The van der Waals surface area contributed by atoms with Crippen LogP contribution in [0.3, 0.4) is 0 Å². The summed E-state index contributed by atoms with van der Waals surface area (Å²) < 4.78 is 5.24. The van der Waals surface area contributed by atoms with Gasteiger partial charge in [-0.05, 0) is 0 Å². The lowest BCUT2D eigenvalue weighted by molar-refractivity contribution is -0.144. The number of carbonyl (C=O) groups is 1. The number of thiazole rings is 1. The fourth-order valence-corrected chi connectivity index (χ4v) is 2.96. The molecule has 134 valence electrons. The molecule has 0 unspecified atom stereocenters. The fraction of sp³-hybridized carbons (Fsp3) is 0.235. The van der Waals surface area contributed by atoms with E-state index in [0.717, 1.165) is 10.6 Å². The van der Waals surface area contributed by atoms with Crippen LogP contribution in [-0.4, -0.2) is 40.0 Å². The lowest BCUT2D eigenvalue weighted by Crippen LogP contribution is -2.17. The zero-order valence-corrected chi connectivity index (χ0v) is 15.2. The standard InChI is InChI=1S/C17H18N6O2S/c1-23(2)17-21-13(20-16(18)22-17)9-25-14(24)8-12-10-26-15(19-12)11-6-4-3-5-7-11/h3-7,10H,8-9H2,1-2H3,(H2,18,20,21,22). The van der Waals surface area contributed by atoms with Crippen LogP contribution in [0.15, 0.2) is 35.7 Å². The Balaban J connectivity index is 1.59. The molecule has 0 saturated carbocycles.